The number of amides is 1. The van der Waals surface area contributed by atoms with Crippen molar-refractivity contribution in [2.24, 2.45) is 15.9 Å². The number of anilines is 1. The van der Waals surface area contributed by atoms with Gasteiger partial charge in [-0.25, -0.2) is 4.99 Å². The number of fused-ring (bicyclic) bond motifs is 2. The first kappa shape index (κ1) is 34.0. The number of rotatable bonds is 12. The highest BCUT2D eigenvalue weighted by Gasteiger charge is 2.44. The van der Waals surface area contributed by atoms with Gasteiger partial charge in [-0.15, -0.1) is 0 Å². The Kier molecular flexibility index (Phi) is 9.69. The van der Waals surface area contributed by atoms with Crippen molar-refractivity contribution in [3.8, 4) is 0 Å². The van der Waals surface area contributed by atoms with Crippen LogP contribution in [0.15, 0.2) is 68.4 Å². The van der Waals surface area contributed by atoms with E-state index in [0.29, 0.717) is 44.1 Å². The van der Waals surface area contributed by atoms with E-state index in [4.69, 9.17) is 25.9 Å². The summed E-state index contributed by atoms with van der Waals surface area (Å²) in [7, 11) is 2.06. The molecule has 1 saturated carbocycles. The molecule has 1 amide bonds. The molecule has 5 heterocycles. The molecule has 0 atom stereocenters. The molecule has 2 aromatic carbocycles. The Balaban J connectivity index is 0.956. The monoisotopic (exact) mass is 710 g/mol. The van der Waals surface area contributed by atoms with Crippen LogP contribution in [0.25, 0.3) is 16.8 Å². The highest BCUT2D eigenvalue weighted by molar-refractivity contribution is 6.36. The summed E-state index contributed by atoms with van der Waals surface area (Å²) in [6.07, 6.45) is 11.0. The van der Waals surface area contributed by atoms with Gasteiger partial charge in [0, 0.05) is 79.4 Å². The molecule has 4 saturated heterocycles. The third-order valence-electron chi connectivity index (χ3n) is 11.4. The molecule has 0 spiro atoms. The van der Waals surface area contributed by atoms with Gasteiger partial charge in [-0.2, -0.15) is 4.98 Å². The van der Waals surface area contributed by atoms with Crippen LogP contribution in [0.1, 0.15) is 62.6 Å². The van der Waals surface area contributed by atoms with Gasteiger partial charge in [-0.1, -0.05) is 41.0 Å². The van der Waals surface area contributed by atoms with E-state index in [1.807, 2.05) is 17.0 Å². The molecule has 5 aliphatic rings. The molecule has 8 rings (SSSR count). The van der Waals surface area contributed by atoms with Gasteiger partial charge < -0.3 is 24.0 Å². The standard InChI is InChI=1S/C39H47ClN8O3/c1-41-38(45(2)21-27-22-47(23-27)35(49)14-13-34-43-37(44-51-34)29-11-12-29)30-15-20-46(33-10-4-8-28-7-3-9-31(40)36(28)33)24-32(30)42-26-50-25-39-16-5-18-48(39)19-6-17-39/h3-4,7-10,13-14,27,29H,1,5-6,11-12,15-26H2,2H3/b14-13+,38-30+,42-32-. The number of carbonyl (C=O) groups excluding carboxylic acids is 1. The van der Waals surface area contributed by atoms with Crippen molar-refractivity contribution in [3.63, 3.8) is 0 Å². The lowest BCUT2D eigenvalue weighted by atomic mass is 9.95. The van der Waals surface area contributed by atoms with E-state index in [1.165, 1.54) is 44.8 Å². The van der Waals surface area contributed by atoms with Crippen molar-refractivity contribution >= 4 is 52.5 Å². The average Bonchev–Trinajstić information content (AvgIpc) is 3.52. The number of ether oxygens (including phenoxy) is 1. The molecule has 0 radical (unpaired) electrons. The summed E-state index contributed by atoms with van der Waals surface area (Å²) in [6, 6.07) is 12.4. The van der Waals surface area contributed by atoms with E-state index in [9.17, 15) is 4.79 Å². The van der Waals surface area contributed by atoms with Crippen LogP contribution in [0, 0.1) is 5.92 Å². The molecule has 0 N–H and O–H groups in total. The molecule has 11 nitrogen and oxygen atoms in total. The van der Waals surface area contributed by atoms with Crippen LogP contribution in [-0.2, 0) is 9.53 Å². The van der Waals surface area contributed by atoms with Crippen molar-refractivity contribution in [1.82, 2.24) is 24.8 Å². The van der Waals surface area contributed by atoms with Crippen molar-refractivity contribution in [2.75, 3.05) is 71.1 Å². The number of nitrogens with zero attached hydrogens (tertiary/aromatic N) is 8. The second kappa shape index (κ2) is 14.5. The van der Waals surface area contributed by atoms with Crippen molar-refractivity contribution in [2.45, 2.75) is 56.4 Å². The molecule has 0 unspecified atom stereocenters. The maximum Gasteiger partial charge on any atom is 0.250 e. The number of aliphatic imine (C=N–C) groups is 2. The topological polar surface area (TPSA) is 103 Å². The molecule has 5 fully saturated rings. The predicted molar refractivity (Wildman–Crippen MR) is 201 cm³/mol. The predicted octanol–water partition coefficient (Wildman–Crippen LogP) is 6.02. The summed E-state index contributed by atoms with van der Waals surface area (Å²) < 4.78 is 11.6. The lowest BCUT2D eigenvalue weighted by Gasteiger charge is -2.41. The summed E-state index contributed by atoms with van der Waals surface area (Å²) >= 11 is 6.77. The number of likely N-dealkylation sites (tertiary alicyclic amines) is 1. The normalized spacial score (nSPS) is 22.6. The number of halogens is 1. The Bertz CT molecular complexity index is 1860. The first-order valence-electron chi connectivity index (χ1n) is 18.4. The van der Waals surface area contributed by atoms with E-state index in [-0.39, 0.29) is 11.4 Å². The van der Waals surface area contributed by atoms with Gasteiger partial charge in [0.05, 0.1) is 23.9 Å². The Morgan fingerprint density at radius 3 is 2.71 bits per heavy atom. The van der Waals surface area contributed by atoms with E-state index in [0.717, 1.165) is 83.4 Å². The Labute approximate surface area is 304 Å². The third-order valence-corrected chi connectivity index (χ3v) is 11.7. The molecular formula is C39H47ClN8O3. The number of piperidine rings is 1. The Hall–Kier alpha value is -4.06. The minimum Gasteiger partial charge on any atom is -0.365 e. The zero-order chi connectivity index (χ0) is 35.0. The smallest absolute Gasteiger partial charge is 0.250 e. The van der Waals surface area contributed by atoms with Crippen LogP contribution < -0.4 is 4.90 Å². The van der Waals surface area contributed by atoms with E-state index >= 15 is 0 Å². The minimum absolute atomic E-state index is 0.0475. The fourth-order valence-corrected chi connectivity index (χ4v) is 8.83. The van der Waals surface area contributed by atoms with Crippen LogP contribution in [0.4, 0.5) is 5.69 Å². The van der Waals surface area contributed by atoms with Crippen LogP contribution in [-0.4, -0.2) is 115 Å². The lowest BCUT2D eigenvalue weighted by molar-refractivity contribution is -0.132. The van der Waals surface area contributed by atoms with E-state index in [1.54, 1.807) is 6.08 Å². The molecule has 3 aromatic rings. The maximum atomic E-state index is 12.8. The van der Waals surface area contributed by atoms with Gasteiger partial charge in [0.1, 0.15) is 12.6 Å². The highest BCUT2D eigenvalue weighted by Crippen LogP contribution is 2.40. The molecule has 1 aromatic heterocycles. The van der Waals surface area contributed by atoms with E-state index in [2.05, 4.69) is 67.9 Å². The third kappa shape index (κ3) is 7.08. The van der Waals surface area contributed by atoms with E-state index < -0.39 is 0 Å². The molecule has 12 heteroatoms. The van der Waals surface area contributed by atoms with Crippen molar-refractivity contribution in [1.29, 1.82) is 0 Å². The van der Waals surface area contributed by atoms with Crippen LogP contribution in [0.5, 0.6) is 0 Å². The zero-order valence-electron chi connectivity index (χ0n) is 29.5. The van der Waals surface area contributed by atoms with Gasteiger partial charge in [-0.3, -0.25) is 14.7 Å². The SMILES string of the molecule is C=N/C(=C1/CCN(c2cccc3cccc(Cl)c23)C/C1=N/COCC12CCCN1CCC2)N(C)CC1CN(C(=O)/C=C/c2nc(C3CC3)no2)C1. The molecule has 1 aliphatic carbocycles. The van der Waals surface area contributed by atoms with Gasteiger partial charge in [-0.05, 0) is 82.3 Å². The fraction of sp³-hybridized carbons (Fsp3) is 0.513. The Morgan fingerprint density at radius 1 is 1.16 bits per heavy atom. The highest BCUT2D eigenvalue weighted by atomic mass is 35.5. The van der Waals surface area contributed by atoms with Crippen molar-refractivity contribution < 1.29 is 14.1 Å². The van der Waals surface area contributed by atoms with Crippen LogP contribution in [0.2, 0.25) is 5.02 Å². The number of aromatic nitrogens is 2. The van der Waals surface area contributed by atoms with Crippen LogP contribution in [0.3, 0.4) is 0 Å². The first-order chi connectivity index (χ1) is 24.9. The van der Waals surface area contributed by atoms with Crippen molar-refractivity contribution in [3.05, 3.63) is 70.6 Å². The first-order valence-corrected chi connectivity index (χ1v) is 18.8. The maximum absolute atomic E-state index is 12.8. The molecule has 0 bridgehead atoms. The number of hydrogen-bond donors (Lipinski definition) is 0. The molecular weight excluding hydrogens is 664 g/mol. The molecule has 268 valence electrons. The average molecular weight is 711 g/mol. The second-order valence-electron chi connectivity index (χ2n) is 14.8. The lowest BCUT2D eigenvalue weighted by Crippen LogP contribution is -2.53. The van der Waals surface area contributed by atoms with Gasteiger partial charge in [0.15, 0.2) is 5.82 Å². The van der Waals surface area contributed by atoms with Gasteiger partial charge >= 0.3 is 0 Å². The number of carbonyl (C=O) groups is 1. The van der Waals surface area contributed by atoms with Gasteiger partial charge in [0.2, 0.25) is 5.91 Å². The summed E-state index contributed by atoms with van der Waals surface area (Å²) in [4.78, 5) is 35.9. The molecule has 4 aliphatic heterocycles. The fourth-order valence-electron chi connectivity index (χ4n) is 8.55. The van der Waals surface area contributed by atoms with Gasteiger partial charge in [0.25, 0.3) is 5.89 Å². The minimum atomic E-state index is -0.0475. The second-order valence-corrected chi connectivity index (χ2v) is 15.2. The summed E-state index contributed by atoms with van der Waals surface area (Å²) in [5.41, 5.74) is 3.36. The summed E-state index contributed by atoms with van der Waals surface area (Å²) in [5, 5.41) is 6.95. The number of hydrogen-bond acceptors (Lipinski definition) is 10. The largest absolute Gasteiger partial charge is 0.365 e. The summed E-state index contributed by atoms with van der Waals surface area (Å²) in [6.45, 7) is 10.9. The molecule has 51 heavy (non-hydrogen) atoms. The quantitative estimate of drug-likeness (QED) is 0.128. The summed E-state index contributed by atoms with van der Waals surface area (Å²) in [5.74, 6) is 2.64. The zero-order valence-corrected chi connectivity index (χ0v) is 30.2. The van der Waals surface area contributed by atoms with Crippen LogP contribution >= 0.6 is 11.6 Å². The number of benzene rings is 2. The Morgan fingerprint density at radius 2 is 1.94 bits per heavy atom.